The second-order valence-corrected chi connectivity index (χ2v) is 5.68. The van der Waals surface area contributed by atoms with Gasteiger partial charge in [-0.1, -0.05) is 39.5 Å². The van der Waals surface area contributed by atoms with Crippen molar-refractivity contribution in [2.24, 2.45) is 7.05 Å². The normalized spacial score (nSPS) is 10.9. The molecule has 0 atom stereocenters. The number of carbonyl (C=O) groups is 1. The minimum absolute atomic E-state index is 0.0165. The topological polar surface area (TPSA) is 64.2 Å². The number of unbranched alkanes of at least 4 members (excludes halogenated alkanes) is 4. The van der Waals surface area contributed by atoms with E-state index >= 15 is 0 Å². The van der Waals surface area contributed by atoms with E-state index < -0.39 is 0 Å². The zero-order chi connectivity index (χ0) is 15.8. The molecule has 2 N–H and O–H groups in total. The van der Waals surface area contributed by atoms with Gasteiger partial charge in [0, 0.05) is 20.1 Å². The molecule has 0 bridgehead atoms. The van der Waals surface area contributed by atoms with Crippen molar-refractivity contribution in [2.75, 3.05) is 18.8 Å². The minimum atomic E-state index is 0.0165. The number of hydrogen-bond donors (Lipinski definition) is 1. The van der Waals surface area contributed by atoms with Crippen molar-refractivity contribution in [1.82, 2.24) is 14.7 Å². The summed E-state index contributed by atoms with van der Waals surface area (Å²) in [6.07, 6.45) is 6.71. The monoisotopic (exact) mass is 294 g/mol. The number of hydrogen-bond acceptors (Lipinski definition) is 3. The lowest BCUT2D eigenvalue weighted by Gasteiger charge is -2.23. The number of anilines is 1. The van der Waals surface area contributed by atoms with Crippen molar-refractivity contribution in [1.29, 1.82) is 0 Å². The van der Waals surface area contributed by atoms with Crippen LogP contribution in [0.15, 0.2) is 0 Å². The largest absolute Gasteiger partial charge is 0.395 e. The predicted octanol–water partition coefficient (Wildman–Crippen LogP) is 3.13. The van der Waals surface area contributed by atoms with E-state index in [0.29, 0.717) is 11.4 Å². The maximum Gasteiger partial charge on any atom is 0.274 e. The fraction of sp³-hybridized carbons (Fsp3) is 0.750. The highest BCUT2D eigenvalue weighted by molar-refractivity contribution is 5.97. The average molecular weight is 294 g/mol. The molecular formula is C16H30N4O. The highest BCUT2D eigenvalue weighted by Gasteiger charge is 2.23. The second kappa shape index (κ2) is 8.70. The Morgan fingerprint density at radius 3 is 2.05 bits per heavy atom. The van der Waals surface area contributed by atoms with E-state index in [1.54, 1.807) is 11.7 Å². The summed E-state index contributed by atoms with van der Waals surface area (Å²) in [6.45, 7) is 7.79. The van der Waals surface area contributed by atoms with Gasteiger partial charge in [-0.05, 0) is 19.8 Å². The number of rotatable bonds is 9. The molecule has 0 fully saturated rings. The molecule has 0 radical (unpaired) electrons. The van der Waals surface area contributed by atoms with Gasteiger partial charge in [0.05, 0.1) is 11.4 Å². The number of nitrogens with two attached hydrogens (primary N) is 1. The van der Waals surface area contributed by atoms with Crippen LogP contribution in [0.3, 0.4) is 0 Å². The van der Waals surface area contributed by atoms with Crippen LogP contribution in [0.2, 0.25) is 0 Å². The molecule has 0 saturated heterocycles. The van der Waals surface area contributed by atoms with Crippen LogP contribution in [0, 0.1) is 6.92 Å². The summed E-state index contributed by atoms with van der Waals surface area (Å²) in [4.78, 5) is 14.7. The summed E-state index contributed by atoms with van der Waals surface area (Å²) in [5.74, 6) is 0.0165. The number of nitrogens with zero attached hydrogens (tertiary/aromatic N) is 3. The first-order chi connectivity index (χ1) is 10.0. The first-order valence-corrected chi connectivity index (χ1v) is 8.11. The second-order valence-electron chi connectivity index (χ2n) is 5.68. The lowest BCUT2D eigenvalue weighted by Crippen LogP contribution is -2.34. The van der Waals surface area contributed by atoms with Crippen LogP contribution in [-0.4, -0.2) is 33.7 Å². The molecule has 0 spiro atoms. The average Bonchev–Trinajstić information content (AvgIpc) is 2.70. The van der Waals surface area contributed by atoms with Crippen molar-refractivity contribution >= 4 is 11.6 Å². The van der Waals surface area contributed by atoms with Crippen LogP contribution in [0.5, 0.6) is 0 Å². The highest BCUT2D eigenvalue weighted by Crippen LogP contribution is 2.18. The Hall–Kier alpha value is -1.52. The third-order valence-corrected chi connectivity index (χ3v) is 3.82. The third kappa shape index (κ3) is 4.76. The van der Waals surface area contributed by atoms with E-state index in [0.717, 1.165) is 57.3 Å². The van der Waals surface area contributed by atoms with Gasteiger partial charge in [0.2, 0.25) is 0 Å². The molecule has 0 aliphatic heterocycles. The Morgan fingerprint density at radius 1 is 1.14 bits per heavy atom. The first kappa shape index (κ1) is 17.5. The Labute approximate surface area is 128 Å². The molecule has 1 rings (SSSR count). The summed E-state index contributed by atoms with van der Waals surface area (Å²) in [5.41, 5.74) is 7.79. The highest BCUT2D eigenvalue weighted by atomic mass is 16.2. The van der Waals surface area contributed by atoms with E-state index in [9.17, 15) is 4.79 Å². The molecule has 0 aliphatic rings. The molecule has 1 heterocycles. The van der Waals surface area contributed by atoms with E-state index in [2.05, 4.69) is 18.9 Å². The standard InChI is InChI=1S/C16H30N4O/c1-5-7-9-11-20(12-10-8-6-2)16(21)15-14(17)13(3)18-19(15)4/h5-12,17H2,1-4H3. The summed E-state index contributed by atoms with van der Waals surface area (Å²) in [5, 5.41) is 4.25. The number of aryl methyl sites for hydroxylation is 2. The maximum absolute atomic E-state index is 12.8. The summed E-state index contributed by atoms with van der Waals surface area (Å²) >= 11 is 0. The summed E-state index contributed by atoms with van der Waals surface area (Å²) < 4.78 is 1.61. The molecule has 1 aromatic rings. The Bertz CT molecular complexity index is 443. The summed E-state index contributed by atoms with van der Waals surface area (Å²) in [7, 11) is 1.78. The van der Waals surface area contributed by atoms with E-state index in [4.69, 9.17) is 5.73 Å². The van der Waals surface area contributed by atoms with Crippen molar-refractivity contribution < 1.29 is 4.79 Å². The molecule has 120 valence electrons. The molecule has 0 unspecified atom stereocenters. The van der Waals surface area contributed by atoms with Gasteiger partial charge < -0.3 is 10.6 Å². The van der Waals surface area contributed by atoms with Crippen LogP contribution in [0.1, 0.15) is 68.6 Å². The van der Waals surface area contributed by atoms with Crippen LogP contribution in [0.25, 0.3) is 0 Å². The van der Waals surface area contributed by atoms with Gasteiger partial charge in [0.25, 0.3) is 5.91 Å². The van der Waals surface area contributed by atoms with Gasteiger partial charge in [-0.25, -0.2) is 0 Å². The zero-order valence-corrected chi connectivity index (χ0v) is 14.0. The molecule has 5 heteroatoms. The van der Waals surface area contributed by atoms with Crippen LogP contribution < -0.4 is 5.73 Å². The first-order valence-electron chi connectivity index (χ1n) is 8.11. The van der Waals surface area contributed by atoms with Gasteiger partial charge in [0.15, 0.2) is 0 Å². The minimum Gasteiger partial charge on any atom is -0.395 e. The molecular weight excluding hydrogens is 264 g/mol. The van der Waals surface area contributed by atoms with Crippen LogP contribution in [0.4, 0.5) is 5.69 Å². The Kier molecular flexibility index (Phi) is 7.26. The number of amides is 1. The van der Waals surface area contributed by atoms with Gasteiger partial charge in [-0.2, -0.15) is 5.10 Å². The van der Waals surface area contributed by atoms with Gasteiger partial charge >= 0.3 is 0 Å². The van der Waals surface area contributed by atoms with Crippen LogP contribution >= 0.6 is 0 Å². The smallest absolute Gasteiger partial charge is 0.274 e. The molecule has 5 nitrogen and oxygen atoms in total. The number of carbonyl (C=O) groups excluding carboxylic acids is 1. The van der Waals surface area contributed by atoms with E-state index in [1.165, 1.54) is 0 Å². The SMILES string of the molecule is CCCCCN(CCCCC)C(=O)c1c(N)c(C)nn1C. The van der Waals surface area contributed by atoms with Crippen molar-refractivity contribution in [3.63, 3.8) is 0 Å². The lowest BCUT2D eigenvalue weighted by molar-refractivity contribution is 0.0739. The molecule has 0 aromatic carbocycles. The van der Waals surface area contributed by atoms with E-state index in [1.807, 2.05) is 11.8 Å². The Balaban J connectivity index is 2.81. The zero-order valence-electron chi connectivity index (χ0n) is 14.0. The van der Waals surface area contributed by atoms with Crippen molar-refractivity contribution in [2.45, 2.75) is 59.3 Å². The Morgan fingerprint density at radius 2 is 1.67 bits per heavy atom. The maximum atomic E-state index is 12.8. The number of aromatic nitrogens is 2. The number of nitrogen functional groups attached to an aromatic ring is 1. The van der Waals surface area contributed by atoms with Crippen LogP contribution in [-0.2, 0) is 7.05 Å². The van der Waals surface area contributed by atoms with Gasteiger partial charge in [-0.3, -0.25) is 9.48 Å². The molecule has 1 aromatic heterocycles. The van der Waals surface area contributed by atoms with Gasteiger partial charge in [-0.15, -0.1) is 0 Å². The fourth-order valence-corrected chi connectivity index (χ4v) is 2.50. The summed E-state index contributed by atoms with van der Waals surface area (Å²) in [6, 6.07) is 0. The molecule has 21 heavy (non-hydrogen) atoms. The predicted molar refractivity (Wildman–Crippen MR) is 87.3 cm³/mol. The van der Waals surface area contributed by atoms with Gasteiger partial charge in [0.1, 0.15) is 5.69 Å². The van der Waals surface area contributed by atoms with E-state index in [-0.39, 0.29) is 5.91 Å². The third-order valence-electron chi connectivity index (χ3n) is 3.82. The quantitative estimate of drug-likeness (QED) is 0.712. The molecule has 1 amide bonds. The van der Waals surface area contributed by atoms with Crippen molar-refractivity contribution in [3.05, 3.63) is 11.4 Å². The molecule has 0 saturated carbocycles. The lowest BCUT2D eigenvalue weighted by atomic mass is 10.2. The molecule has 0 aliphatic carbocycles. The van der Waals surface area contributed by atoms with Crippen molar-refractivity contribution in [3.8, 4) is 0 Å². The fourth-order valence-electron chi connectivity index (χ4n) is 2.50.